The summed E-state index contributed by atoms with van der Waals surface area (Å²) in [7, 11) is 1.72. The average Bonchev–Trinajstić information content (AvgIpc) is 3.38. The number of carbonyl (C=O) groups is 1. The Morgan fingerprint density at radius 2 is 2.03 bits per heavy atom. The highest BCUT2D eigenvalue weighted by Gasteiger charge is 2.26. The van der Waals surface area contributed by atoms with Crippen LogP contribution in [0.15, 0.2) is 59.7 Å². The number of nitrogens with zero attached hydrogens (tertiary/aromatic N) is 4. The summed E-state index contributed by atoms with van der Waals surface area (Å²) < 4.78 is 6.85. The van der Waals surface area contributed by atoms with Crippen LogP contribution in [0.25, 0.3) is 22.2 Å². The van der Waals surface area contributed by atoms with Gasteiger partial charge in [0.1, 0.15) is 0 Å². The molecule has 1 saturated heterocycles. The minimum atomic E-state index is -0.965. The van der Waals surface area contributed by atoms with Gasteiger partial charge in [-0.3, -0.25) is 9.89 Å². The number of aryl methyl sites for hydroxylation is 1. The van der Waals surface area contributed by atoms with Crippen molar-refractivity contribution >= 4 is 34.2 Å². The first-order chi connectivity index (χ1) is 16.0. The van der Waals surface area contributed by atoms with E-state index in [-0.39, 0.29) is 17.9 Å². The fourth-order valence-electron chi connectivity index (χ4n) is 3.92. The van der Waals surface area contributed by atoms with Crippen molar-refractivity contribution < 1.29 is 14.6 Å². The number of carboxylic acid groups (broad SMARTS) is 1. The van der Waals surface area contributed by atoms with Crippen LogP contribution in [0.1, 0.15) is 0 Å². The van der Waals surface area contributed by atoms with Crippen molar-refractivity contribution in [1.29, 1.82) is 0 Å². The predicted octanol–water partition coefficient (Wildman–Crippen LogP) is 2.36. The van der Waals surface area contributed by atoms with Gasteiger partial charge in [0, 0.05) is 36.7 Å². The van der Waals surface area contributed by atoms with Gasteiger partial charge in [-0.15, -0.1) is 0 Å². The lowest BCUT2D eigenvalue weighted by atomic mass is 10.1. The molecule has 2 aromatic carbocycles. The Kier molecular flexibility index (Phi) is 5.27. The fourth-order valence-corrected chi connectivity index (χ4v) is 3.92. The lowest BCUT2D eigenvalue weighted by Gasteiger charge is -2.32. The quantitative estimate of drug-likeness (QED) is 0.427. The van der Waals surface area contributed by atoms with Crippen LogP contribution < -0.4 is 15.8 Å². The molecule has 1 unspecified atom stereocenters. The number of aromatic amines is 1. The first kappa shape index (κ1) is 20.7. The second-order valence-corrected chi connectivity index (χ2v) is 7.83. The van der Waals surface area contributed by atoms with E-state index in [0.717, 1.165) is 22.3 Å². The van der Waals surface area contributed by atoms with Crippen molar-refractivity contribution in [3.05, 3.63) is 65.2 Å². The molecule has 4 aromatic rings. The second-order valence-electron chi connectivity index (χ2n) is 7.83. The molecule has 168 valence electrons. The van der Waals surface area contributed by atoms with Crippen LogP contribution in [0, 0.1) is 0 Å². The summed E-state index contributed by atoms with van der Waals surface area (Å²) >= 11 is 0. The summed E-state index contributed by atoms with van der Waals surface area (Å²) in [5, 5.41) is 19.1. The molecule has 5 rings (SSSR count). The van der Waals surface area contributed by atoms with Crippen LogP contribution in [-0.4, -0.2) is 56.6 Å². The monoisotopic (exact) mass is 446 g/mol. The molecule has 0 bridgehead atoms. The van der Waals surface area contributed by atoms with Gasteiger partial charge in [-0.1, -0.05) is 6.07 Å². The van der Waals surface area contributed by atoms with Crippen LogP contribution in [0.4, 0.5) is 17.2 Å². The van der Waals surface area contributed by atoms with Crippen LogP contribution in [0.2, 0.25) is 0 Å². The molecule has 3 N–H and O–H groups in total. The summed E-state index contributed by atoms with van der Waals surface area (Å²) in [5.41, 5.74) is 4.64. The molecule has 1 aliphatic rings. The number of hydrogen-bond acceptors (Lipinski definition) is 7. The third-order valence-corrected chi connectivity index (χ3v) is 5.74. The average molecular weight is 446 g/mol. The SMILES string of the molecule is Cn1c(=O)c(Nc2ccc(N3CCOC(C(=O)O)C3)cc2)nc2ccc(-c3cn[nH]c3)cc21. The maximum absolute atomic E-state index is 12.9. The van der Waals surface area contributed by atoms with Crippen LogP contribution >= 0.6 is 0 Å². The van der Waals surface area contributed by atoms with E-state index in [4.69, 9.17) is 4.74 Å². The molecule has 10 heteroatoms. The topological polar surface area (TPSA) is 125 Å². The van der Waals surface area contributed by atoms with Crippen molar-refractivity contribution in [1.82, 2.24) is 19.7 Å². The number of H-pyrrole nitrogens is 1. The number of ether oxygens (including phenoxy) is 1. The van der Waals surface area contributed by atoms with Gasteiger partial charge < -0.3 is 24.6 Å². The van der Waals surface area contributed by atoms with E-state index in [2.05, 4.69) is 20.5 Å². The number of hydrogen-bond donors (Lipinski definition) is 3. The first-order valence-corrected chi connectivity index (χ1v) is 10.5. The number of fused-ring (bicyclic) bond motifs is 1. The third-order valence-electron chi connectivity index (χ3n) is 5.74. The summed E-state index contributed by atoms with van der Waals surface area (Å²) in [6.07, 6.45) is 2.69. The third kappa shape index (κ3) is 4.03. The number of aromatic nitrogens is 4. The van der Waals surface area contributed by atoms with E-state index in [1.807, 2.05) is 47.4 Å². The Bertz CT molecular complexity index is 1360. The molecule has 0 amide bonds. The minimum absolute atomic E-state index is 0.228. The summed E-state index contributed by atoms with van der Waals surface area (Å²) in [6, 6.07) is 13.2. The number of rotatable bonds is 5. The Morgan fingerprint density at radius 1 is 1.21 bits per heavy atom. The predicted molar refractivity (Wildman–Crippen MR) is 124 cm³/mol. The molecule has 0 spiro atoms. The second kappa shape index (κ2) is 8.40. The van der Waals surface area contributed by atoms with E-state index in [1.165, 1.54) is 0 Å². The Balaban J connectivity index is 1.39. The van der Waals surface area contributed by atoms with Crippen molar-refractivity contribution in [2.24, 2.45) is 7.05 Å². The van der Waals surface area contributed by atoms with Crippen LogP contribution in [0.5, 0.6) is 0 Å². The zero-order valence-corrected chi connectivity index (χ0v) is 17.9. The highest BCUT2D eigenvalue weighted by molar-refractivity contribution is 5.83. The van der Waals surface area contributed by atoms with E-state index in [1.54, 1.807) is 24.0 Å². The van der Waals surface area contributed by atoms with Gasteiger partial charge in [-0.05, 0) is 42.0 Å². The maximum atomic E-state index is 12.9. The molecule has 1 aliphatic heterocycles. The van der Waals surface area contributed by atoms with Crippen molar-refractivity contribution in [2.45, 2.75) is 6.10 Å². The number of anilines is 3. The summed E-state index contributed by atoms with van der Waals surface area (Å²) in [5.74, 6) is -0.737. The molecule has 3 heterocycles. The zero-order valence-electron chi connectivity index (χ0n) is 17.9. The largest absolute Gasteiger partial charge is 0.479 e. The maximum Gasteiger partial charge on any atom is 0.334 e. The molecule has 10 nitrogen and oxygen atoms in total. The Morgan fingerprint density at radius 3 is 2.76 bits per heavy atom. The van der Waals surface area contributed by atoms with Gasteiger partial charge >= 0.3 is 5.97 Å². The number of aliphatic carboxylic acids is 1. The smallest absolute Gasteiger partial charge is 0.334 e. The highest BCUT2D eigenvalue weighted by Crippen LogP contribution is 2.24. The Labute approximate surface area is 188 Å². The summed E-state index contributed by atoms with van der Waals surface area (Å²) in [4.78, 5) is 30.7. The molecule has 1 atom stereocenters. The van der Waals surface area contributed by atoms with Crippen molar-refractivity contribution in [3.8, 4) is 11.1 Å². The number of morpholine rings is 1. The number of benzene rings is 2. The highest BCUT2D eigenvalue weighted by atomic mass is 16.5. The van der Waals surface area contributed by atoms with Gasteiger partial charge in [-0.2, -0.15) is 5.10 Å². The molecule has 0 aliphatic carbocycles. The minimum Gasteiger partial charge on any atom is -0.479 e. The molecule has 33 heavy (non-hydrogen) atoms. The molecular formula is C23H22N6O4. The first-order valence-electron chi connectivity index (χ1n) is 10.5. The van der Waals surface area contributed by atoms with Crippen molar-refractivity contribution in [3.63, 3.8) is 0 Å². The number of carboxylic acids is 1. The molecule has 0 radical (unpaired) electrons. The van der Waals surface area contributed by atoms with E-state index >= 15 is 0 Å². The molecule has 2 aromatic heterocycles. The standard InChI is InChI=1S/C23H22N6O4/c1-28-19-10-14(15-11-24-25-12-15)2-7-18(19)27-21(22(28)30)26-16-3-5-17(6-4-16)29-8-9-33-20(13-29)23(31)32/h2-7,10-12,20H,8-9,13H2,1H3,(H,24,25)(H,26,27)(H,31,32). The van der Waals surface area contributed by atoms with E-state index in [0.29, 0.717) is 24.4 Å². The summed E-state index contributed by atoms with van der Waals surface area (Å²) in [6.45, 7) is 1.26. The van der Waals surface area contributed by atoms with Gasteiger partial charge in [-0.25, -0.2) is 9.78 Å². The molecular weight excluding hydrogens is 424 g/mol. The normalized spacial score (nSPS) is 16.2. The number of nitrogens with one attached hydrogen (secondary N) is 2. The van der Waals surface area contributed by atoms with Gasteiger partial charge in [0.15, 0.2) is 11.9 Å². The van der Waals surface area contributed by atoms with Gasteiger partial charge in [0.2, 0.25) is 0 Å². The zero-order chi connectivity index (χ0) is 22.9. The Hall–Kier alpha value is -4.18. The lowest BCUT2D eigenvalue weighted by Crippen LogP contribution is -2.46. The van der Waals surface area contributed by atoms with E-state index in [9.17, 15) is 14.7 Å². The van der Waals surface area contributed by atoms with Gasteiger partial charge in [0.25, 0.3) is 5.56 Å². The molecule has 0 saturated carbocycles. The van der Waals surface area contributed by atoms with Crippen molar-refractivity contribution in [2.75, 3.05) is 29.9 Å². The fraction of sp³-hybridized carbons (Fsp3) is 0.217. The van der Waals surface area contributed by atoms with Crippen LogP contribution in [0.3, 0.4) is 0 Å². The molecule has 1 fully saturated rings. The lowest BCUT2D eigenvalue weighted by molar-refractivity contribution is -0.150. The van der Waals surface area contributed by atoms with E-state index < -0.39 is 12.1 Å². The van der Waals surface area contributed by atoms with Gasteiger partial charge in [0.05, 0.1) is 30.4 Å². The van der Waals surface area contributed by atoms with Crippen LogP contribution in [-0.2, 0) is 16.6 Å².